The number of amides is 1. The molecule has 0 N–H and O–H groups in total. The van der Waals surface area contributed by atoms with Crippen molar-refractivity contribution in [3.63, 3.8) is 0 Å². The summed E-state index contributed by atoms with van der Waals surface area (Å²) in [7, 11) is -3.45. The molecule has 4 rings (SSSR count). The lowest BCUT2D eigenvalue weighted by Gasteiger charge is -2.28. The van der Waals surface area contributed by atoms with Crippen LogP contribution >= 0.6 is 0 Å². The zero-order valence-electron chi connectivity index (χ0n) is 13.9. The molecule has 0 radical (unpaired) electrons. The van der Waals surface area contributed by atoms with E-state index in [-0.39, 0.29) is 18.0 Å². The van der Waals surface area contributed by atoms with E-state index in [1.54, 1.807) is 33.5 Å². The van der Waals surface area contributed by atoms with Crippen molar-refractivity contribution in [2.45, 2.75) is 68.3 Å². The van der Waals surface area contributed by atoms with E-state index < -0.39 is 10.0 Å². The van der Waals surface area contributed by atoms with Crippen LogP contribution in [0.15, 0.2) is 29.2 Å². The molecule has 0 unspecified atom stereocenters. The summed E-state index contributed by atoms with van der Waals surface area (Å²) < 4.78 is 28.1. The highest BCUT2D eigenvalue weighted by Crippen LogP contribution is 2.39. The molecule has 1 amide bonds. The van der Waals surface area contributed by atoms with Crippen molar-refractivity contribution in [3.8, 4) is 0 Å². The minimum absolute atomic E-state index is 0.121. The Hall–Kier alpha value is -1.40. The van der Waals surface area contributed by atoms with Crippen LogP contribution in [0.2, 0.25) is 0 Å². The number of rotatable bonds is 5. The van der Waals surface area contributed by atoms with Crippen molar-refractivity contribution in [2.75, 3.05) is 11.4 Å². The van der Waals surface area contributed by atoms with Crippen LogP contribution in [0.1, 0.15) is 51.4 Å². The van der Waals surface area contributed by atoms with E-state index >= 15 is 0 Å². The smallest absolute Gasteiger partial charge is 0.243 e. The lowest BCUT2D eigenvalue weighted by Crippen LogP contribution is -2.40. The molecule has 0 bridgehead atoms. The summed E-state index contributed by atoms with van der Waals surface area (Å²) in [5.74, 6) is 0.121. The van der Waals surface area contributed by atoms with Gasteiger partial charge in [-0.25, -0.2) is 8.42 Å². The van der Waals surface area contributed by atoms with E-state index in [2.05, 4.69) is 0 Å². The van der Waals surface area contributed by atoms with E-state index in [4.69, 9.17) is 0 Å². The van der Waals surface area contributed by atoms with Gasteiger partial charge in [-0.2, -0.15) is 4.31 Å². The van der Waals surface area contributed by atoms with Crippen LogP contribution in [0, 0.1) is 0 Å². The second-order valence-electron chi connectivity index (χ2n) is 7.15. The molecule has 3 aliphatic rings. The predicted molar refractivity (Wildman–Crippen MR) is 92.3 cm³/mol. The fraction of sp³-hybridized carbons (Fsp3) is 0.611. The maximum absolute atomic E-state index is 13.1. The Morgan fingerprint density at radius 3 is 2.08 bits per heavy atom. The average molecular weight is 348 g/mol. The Bertz CT molecular complexity index is 719. The molecule has 6 heteroatoms. The number of carbonyl (C=O) groups is 1. The van der Waals surface area contributed by atoms with Crippen LogP contribution in [0.5, 0.6) is 0 Å². The molecule has 3 fully saturated rings. The fourth-order valence-corrected chi connectivity index (χ4v) is 5.95. The zero-order chi connectivity index (χ0) is 16.7. The van der Waals surface area contributed by atoms with Crippen LogP contribution < -0.4 is 4.90 Å². The summed E-state index contributed by atoms with van der Waals surface area (Å²) in [5.41, 5.74) is 0.801. The van der Waals surface area contributed by atoms with Gasteiger partial charge in [-0.15, -0.1) is 0 Å². The Morgan fingerprint density at radius 2 is 1.54 bits per heavy atom. The maximum atomic E-state index is 13.1. The molecular formula is C18H24N2O3S. The molecule has 0 atom stereocenters. The van der Waals surface area contributed by atoms with Crippen LogP contribution in [0.4, 0.5) is 5.69 Å². The Morgan fingerprint density at radius 1 is 0.917 bits per heavy atom. The topological polar surface area (TPSA) is 57.7 Å². The third kappa shape index (κ3) is 2.86. The SMILES string of the molecule is O=C1CCCN1c1ccc(S(=O)(=O)N(C2CCCC2)C2CC2)cc1. The highest BCUT2D eigenvalue weighted by molar-refractivity contribution is 7.89. The largest absolute Gasteiger partial charge is 0.312 e. The molecule has 1 heterocycles. The van der Waals surface area contributed by atoms with Gasteiger partial charge in [-0.1, -0.05) is 12.8 Å². The molecule has 130 valence electrons. The summed E-state index contributed by atoms with van der Waals surface area (Å²) in [4.78, 5) is 13.9. The lowest BCUT2D eigenvalue weighted by atomic mass is 10.2. The number of anilines is 1. The van der Waals surface area contributed by atoms with Gasteiger partial charge in [0.05, 0.1) is 4.90 Å². The van der Waals surface area contributed by atoms with Crippen molar-refractivity contribution in [1.82, 2.24) is 4.31 Å². The number of sulfonamides is 1. The van der Waals surface area contributed by atoms with Crippen molar-refractivity contribution in [2.24, 2.45) is 0 Å². The highest BCUT2D eigenvalue weighted by Gasteiger charge is 2.43. The molecule has 0 spiro atoms. The van der Waals surface area contributed by atoms with E-state index in [1.807, 2.05) is 0 Å². The molecule has 1 aromatic rings. The lowest BCUT2D eigenvalue weighted by molar-refractivity contribution is -0.117. The second kappa shape index (κ2) is 6.15. The molecular weight excluding hydrogens is 324 g/mol. The van der Waals surface area contributed by atoms with Gasteiger partial charge in [0, 0.05) is 30.7 Å². The Labute approximate surface area is 143 Å². The first-order chi connectivity index (χ1) is 11.6. The van der Waals surface area contributed by atoms with Crippen LogP contribution in [-0.2, 0) is 14.8 Å². The summed E-state index contributed by atoms with van der Waals surface area (Å²) in [5, 5.41) is 0. The Balaban J connectivity index is 1.60. The van der Waals surface area contributed by atoms with Crippen LogP contribution in [0.25, 0.3) is 0 Å². The summed E-state index contributed by atoms with van der Waals surface area (Å²) in [6, 6.07) is 7.24. The number of carbonyl (C=O) groups excluding carboxylic acids is 1. The molecule has 24 heavy (non-hydrogen) atoms. The summed E-state index contributed by atoms with van der Waals surface area (Å²) in [6.45, 7) is 0.723. The van der Waals surface area contributed by atoms with E-state index in [9.17, 15) is 13.2 Å². The standard InChI is InChI=1S/C18H24N2O3S/c21-18-6-3-13-19(18)14-9-11-17(12-10-14)24(22,23)20(16-7-8-16)15-4-1-2-5-15/h9-12,15-16H,1-8,13H2. The van der Waals surface area contributed by atoms with Gasteiger partial charge in [0.25, 0.3) is 0 Å². The normalized spacial score (nSPS) is 22.7. The first-order valence-corrected chi connectivity index (χ1v) is 10.5. The van der Waals surface area contributed by atoms with Crippen LogP contribution in [-0.4, -0.2) is 37.3 Å². The molecule has 1 aromatic carbocycles. The van der Waals surface area contributed by atoms with E-state index in [1.165, 1.54) is 0 Å². The maximum Gasteiger partial charge on any atom is 0.243 e. The van der Waals surface area contributed by atoms with E-state index in [0.717, 1.165) is 57.2 Å². The first-order valence-electron chi connectivity index (χ1n) is 9.01. The van der Waals surface area contributed by atoms with Crippen molar-refractivity contribution >= 4 is 21.6 Å². The summed E-state index contributed by atoms with van der Waals surface area (Å²) in [6.07, 6.45) is 7.63. The first kappa shape index (κ1) is 16.1. The number of nitrogens with zero attached hydrogens (tertiary/aromatic N) is 2. The predicted octanol–water partition coefficient (Wildman–Crippen LogP) is 2.91. The zero-order valence-corrected chi connectivity index (χ0v) is 14.7. The van der Waals surface area contributed by atoms with Crippen molar-refractivity contribution in [1.29, 1.82) is 0 Å². The third-order valence-corrected chi connectivity index (χ3v) is 7.41. The van der Waals surface area contributed by atoms with Gasteiger partial charge in [-0.05, 0) is 56.4 Å². The summed E-state index contributed by atoms with van der Waals surface area (Å²) >= 11 is 0. The third-order valence-electron chi connectivity index (χ3n) is 5.39. The molecule has 1 aliphatic heterocycles. The fourth-order valence-electron chi connectivity index (χ4n) is 4.02. The van der Waals surface area contributed by atoms with Gasteiger partial charge < -0.3 is 4.90 Å². The number of hydrogen-bond donors (Lipinski definition) is 0. The molecule has 2 aliphatic carbocycles. The number of hydrogen-bond acceptors (Lipinski definition) is 3. The average Bonchev–Trinajstić information content (AvgIpc) is 3.06. The van der Waals surface area contributed by atoms with Gasteiger partial charge >= 0.3 is 0 Å². The molecule has 0 aromatic heterocycles. The van der Waals surface area contributed by atoms with Crippen molar-refractivity contribution < 1.29 is 13.2 Å². The van der Waals surface area contributed by atoms with Gasteiger partial charge in [0.15, 0.2) is 0 Å². The highest BCUT2D eigenvalue weighted by atomic mass is 32.2. The molecule has 5 nitrogen and oxygen atoms in total. The van der Waals surface area contributed by atoms with Crippen molar-refractivity contribution in [3.05, 3.63) is 24.3 Å². The monoisotopic (exact) mass is 348 g/mol. The number of benzene rings is 1. The minimum atomic E-state index is -3.45. The van der Waals surface area contributed by atoms with E-state index in [0.29, 0.717) is 11.3 Å². The van der Waals surface area contributed by atoms with Gasteiger partial charge in [0.2, 0.25) is 15.9 Å². The van der Waals surface area contributed by atoms with Gasteiger partial charge in [-0.3, -0.25) is 4.79 Å². The van der Waals surface area contributed by atoms with Gasteiger partial charge in [0.1, 0.15) is 0 Å². The molecule has 1 saturated heterocycles. The Kier molecular flexibility index (Phi) is 4.12. The molecule has 2 saturated carbocycles. The minimum Gasteiger partial charge on any atom is -0.312 e. The second-order valence-corrected chi connectivity index (χ2v) is 8.99. The van der Waals surface area contributed by atoms with Crippen LogP contribution in [0.3, 0.4) is 0 Å². The quantitative estimate of drug-likeness (QED) is 0.822.